The molecule has 0 unspecified atom stereocenters. The van der Waals surface area contributed by atoms with Crippen molar-refractivity contribution >= 4 is 45.4 Å². The quantitative estimate of drug-likeness (QED) is 0.457. The van der Waals surface area contributed by atoms with Crippen molar-refractivity contribution in [3.63, 3.8) is 0 Å². The van der Waals surface area contributed by atoms with Crippen LogP contribution in [0.15, 0.2) is 41.7 Å². The van der Waals surface area contributed by atoms with Crippen LogP contribution in [0.5, 0.6) is 5.88 Å². The van der Waals surface area contributed by atoms with Crippen LogP contribution in [0.3, 0.4) is 0 Å². The first-order valence-electron chi connectivity index (χ1n) is 12.3. The van der Waals surface area contributed by atoms with Crippen LogP contribution < -0.4 is 15.8 Å². The highest BCUT2D eigenvalue weighted by molar-refractivity contribution is 8.15. The fourth-order valence-electron chi connectivity index (χ4n) is 5.12. The summed E-state index contributed by atoms with van der Waals surface area (Å²) in [4.78, 5) is 33.2. The predicted octanol–water partition coefficient (Wildman–Crippen LogP) is 3.97. The van der Waals surface area contributed by atoms with Crippen molar-refractivity contribution in [2.75, 3.05) is 25.0 Å². The second-order valence-electron chi connectivity index (χ2n) is 9.78. The van der Waals surface area contributed by atoms with Crippen molar-refractivity contribution < 1.29 is 13.9 Å². The number of halogens is 1. The number of amidine groups is 1. The van der Waals surface area contributed by atoms with E-state index in [1.807, 2.05) is 18.7 Å². The number of benzene rings is 1. The second kappa shape index (κ2) is 10.1. The summed E-state index contributed by atoms with van der Waals surface area (Å²) < 4.78 is 19.8. The fraction of sp³-hybridized carbons (Fsp3) is 0.370. The number of rotatable bonds is 6. The Morgan fingerprint density at radius 3 is 2.84 bits per heavy atom. The van der Waals surface area contributed by atoms with E-state index in [1.54, 1.807) is 24.4 Å². The average molecular weight is 534 g/mol. The Labute approximate surface area is 224 Å². The molecule has 0 bridgehead atoms. The molecule has 0 saturated carbocycles. The number of aromatic nitrogens is 3. The number of carbonyl (C=O) groups is 1. The van der Waals surface area contributed by atoms with E-state index in [-0.39, 0.29) is 17.7 Å². The average Bonchev–Trinajstić information content (AvgIpc) is 3.42. The Morgan fingerprint density at radius 2 is 2.08 bits per heavy atom. The van der Waals surface area contributed by atoms with Crippen LogP contribution in [0.2, 0.25) is 0 Å². The number of aliphatic imine (C=N–C) groups is 1. The molecule has 2 aromatic heterocycles. The summed E-state index contributed by atoms with van der Waals surface area (Å²) in [5.74, 6) is 2.73. The summed E-state index contributed by atoms with van der Waals surface area (Å²) in [7, 11) is 0. The zero-order valence-corrected chi connectivity index (χ0v) is 22.0. The van der Waals surface area contributed by atoms with E-state index in [9.17, 15) is 4.79 Å². The van der Waals surface area contributed by atoms with Crippen LogP contribution in [-0.4, -0.2) is 55.4 Å². The molecular weight excluding hydrogens is 505 g/mol. The van der Waals surface area contributed by atoms with Gasteiger partial charge in [0.1, 0.15) is 16.1 Å². The molecule has 0 radical (unpaired) electrons. The standard InChI is InChI=1S/C27H28FN7O2S/c1-4-13-37-21-15-31-22-20(33-21)9-10-30-23(22)32-17-7-8-19(28)18(14-17)26(2)16-27(3,38-25(29)34-26)24(36)35-11-5-6-12-35/h1,7-10,14-15H,5-6,11-13,16H2,2-3H3,(H2,29,34)(H,30,32)/t26-,27+/m0/s1. The minimum absolute atomic E-state index is 0.0166. The Hall–Kier alpha value is -3.91. The summed E-state index contributed by atoms with van der Waals surface area (Å²) in [6, 6.07) is 6.38. The largest absolute Gasteiger partial charge is 0.463 e. The van der Waals surface area contributed by atoms with Crippen LogP contribution in [0.25, 0.3) is 11.0 Å². The summed E-state index contributed by atoms with van der Waals surface area (Å²) in [6.07, 6.45) is 10.6. The van der Waals surface area contributed by atoms with Gasteiger partial charge in [-0.3, -0.25) is 9.79 Å². The second-order valence-corrected chi connectivity index (χ2v) is 11.3. The first-order valence-corrected chi connectivity index (χ1v) is 13.1. The summed E-state index contributed by atoms with van der Waals surface area (Å²) >= 11 is 1.25. The number of anilines is 2. The Balaban J connectivity index is 1.46. The number of nitrogens with zero attached hydrogens (tertiary/aromatic N) is 5. The van der Waals surface area contributed by atoms with Crippen LogP contribution in [-0.2, 0) is 10.3 Å². The lowest BCUT2D eigenvalue weighted by atomic mass is 9.82. The van der Waals surface area contributed by atoms with Gasteiger partial charge in [0.2, 0.25) is 11.8 Å². The van der Waals surface area contributed by atoms with Gasteiger partial charge in [-0.2, -0.15) is 0 Å². The summed E-state index contributed by atoms with van der Waals surface area (Å²) in [5, 5.41) is 3.48. The normalized spacial score (nSPS) is 23.1. The number of ether oxygens (including phenoxy) is 1. The summed E-state index contributed by atoms with van der Waals surface area (Å²) in [6.45, 7) is 5.24. The molecule has 4 heterocycles. The van der Waals surface area contributed by atoms with Crippen molar-refractivity contribution in [2.45, 2.75) is 43.4 Å². The Morgan fingerprint density at radius 1 is 1.29 bits per heavy atom. The Bertz CT molecular complexity index is 1470. The van der Waals surface area contributed by atoms with Gasteiger partial charge < -0.3 is 20.7 Å². The molecule has 1 amide bonds. The highest BCUT2D eigenvalue weighted by atomic mass is 32.2. The molecule has 0 spiro atoms. The third-order valence-corrected chi connectivity index (χ3v) is 7.83. The van der Waals surface area contributed by atoms with Gasteiger partial charge in [0, 0.05) is 37.0 Å². The van der Waals surface area contributed by atoms with Crippen molar-refractivity contribution in [1.29, 1.82) is 0 Å². The number of nitrogens with one attached hydrogen (secondary N) is 1. The number of thioether (sulfide) groups is 1. The number of fused-ring (bicyclic) bond motifs is 1. The molecule has 1 aromatic carbocycles. The van der Waals surface area contributed by atoms with E-state index < -0.39 is 16.1 Å². The van der Waals surface area contributed by atoms with E-state index in [4.69, 9.17) is 16.9 Å². The molecule has 1 saturated heterocycles. The van der Waals surface area contributed by atoms with Crippen molar-refractivity contribution in [2.24, 2.45) is 10.7 Å². The fourth-order valence-corrected chi connectivity index (χ4v) is 6.39. The van der Waals surface area contributed by atoms with Gasteiger partial charge in [0.15, 0.2) is 17.6 Å². The molecule has 38 heavy (non-hydrogen) atoms. The number of likely N-dealkylation sites (tertiary alicyclic amines) is 1. The van der Waals surface area contributed by atoms with Crippen LogP contribution in [0, 0.1) is 18.2 Å². The third kappa shape index (κ3) is 4.96. The molecule has 3 aromatic rings. The number of nitrogens with two attached hydrogens (primary N) is 1. The topological polar surface area (TPSA) is 119 Å². The smallest absolute Gasteiger partial charge is 0.239 e. The van der Waals surface area contributed by atoms with Gasteiger partial charge >= 0.3 is 0 Å². The van der Waals surface area contributed by atoms with Gasteiger partial charge in [0.25, 0.3) is 0 Å². The molecular formula is C27H28FN7O2S. The third-order valence-electron chi connectivity index (χ3n) is 6.76. The molecule has 2 atom stereocenters. The number of amides is 1. The highest BCUT2D eigenvalue weighted by Crippen LogP contribution is 2.47. The van der Waals surface area contributed by atoms with Crippen LogP contribution in [0.4, 0.5) is 15.9 Å². The van der Waals surface area contributed by atoms with Crippen LogP contribution >= 0.6 is 11.8 Å². The van der Waals surface area contributed by atoms with E-state index in [0.717, 1.165) is 25.9 Å². The molecule has 196 valence electrons. The first kappa shape index (κ1) is 25.7. The lowest BCUT2D eigenvalue weighted by molar-refractivity contribution is -0.132. The van der Waals surface area contributed by atoms with Gasteiger partial charge in [-0.1, -0.05) is 17.7 Å². The maximum absolute atomic E-state index is 15.3. The zero-order valence-electron chi connectivity index (χ0n) is 21.2. The van der Waals surface area contributed by atoms with Gasteiger partial charge in [-0.25, -0.2) is 19.3 Å². The number of pyridine rings is 1. The monoisotopic (exact) mass is 533 g/mol. The van der Waals surface area contributed by atoms with Gasteiger partial charge in [-0.15, -0.1) is 6.42 Å². The molecule has 11 heteroatoms. The SMILES string of the molecule is C#CCOc1cnc2c(Nc3ccc(F)c([C@]4(C)C[C@](C)(C(=O)N5CCCC5)SC(N)=N4)c3)nccc2n1. The minimum atomic E-state index is -1.05. The Kier molecular flexibility index (Phi) is 6.84. The van der Waals surface area contributed by atoms with Crippen molar-refractivity contribution in [3.05, 3.63) is 48.0 Å². The lowest BCUT2D eigenvalue weighted by Gasteiger charge is -2.41. The molecule has 2 aliphatic rings. The maximum atomic E-state index is 15.3. The van der Waals surface area contributed by atoms with Gasteiger partial charge in [0.05, 0.1) is 17.3 Å². The van der Waals surface area contributed by atoms with Gasteiger partial charge in [-0.05, 0) is 51.0 Å². The van der Waals surface area contributed by atoms with E-state index in [0.29, 0.717) is 40.4 Å². The van der Waals surface area contributed by atoms with Crippen molar-refractivity contribution in [3.8, 4) is 18.2 Å². The summed E-state index contributed by atoms with van der Waals surface area (Å²) in [5.41, 5.74) is 7.18. The number of carbonyl (C=O) groups excluding carboxylic acids is 1. The molecule has 0 aliphatic carbocycles. The molecule has 2 aliphatic heterocycles. The lowest BCUT2D eigenvalue weighted by Crippen LogP contribution is -2.51. The van der Waals surface area contributed by atoms with E-state index in [1.165, 1.54) is 24.0 Å². The number of hydrogen-bond acceptors (Lipinski definition) is 9. The number of terminal acetylenes is 1. The molecule has 5 rings (SSSR count). The molecule has 3 N–H and O–H groups in total. The molecule has 1 fully saturated rings. The van der Waals surface area contributed by atoms with E-state index >= 15 is 4.39 Å². The molecule has 9 nitrogen and oxygen atoms in total. The minimum Gasteiger partial charge on any atom is -0.463 e. The van der Waals surface area contributed by atoms with Crippen LogP contribution in [0.1, 0.15) is 38.7 Å². The predicted molar refractivity (Wildman–Crippen MR) is 147 cm³/mol. The highest BCUT2D eigenvalue weighted by Gasteiger charge is 2.49. The van der Waals surface area contributed by atoms with Crippen molar-refractivity contribution in [1.82, 2.24) is 19.9 Å². The maximum Gasteiger partial charge on any atom is 0.239 e. The zero-order chi connectivity index (χ0) is 26.9. The number of hydrogen-bond donors (Lipinski definition) is 2. The van der Waals surface area contributed by atoms with E-state index in [2.05, 4.69) is 31.2 Å². The first-order chi connectivity index (χ1) is 18.2.